The second-order valence-corrected chi connectivity index (χ2v) is 11.3. The fourth-order valence-electron chi connectivity index (χ4n) is 4.78. The Morgan fingerprint density at radius 1 is 0.714 bits per heavy atom. The molecule has 3 rings (SSSR count). The molecule has 0 heterocycles. The van der Waals surface area contributed by atoms with Gasteiger partial charge in [0, 0.05) is 6.07 Å². The van der Waals surface area contributed by atoms with Gasteiger partial charge in [0.2, 0.25) is 0 Å². The highest BCUT2D eigenvalue weighted by molar-refractivity contribution is 5.92. The Labute approximate surface area is 251 Å². The second-order valence-electron chi connectivity index (χ2n) is 11.3. The molecule has 0 fully saturated rings. The summed E-state index contributed by atoms with van der Waals surface area (Å²) in [6.07, 6.45) is 15.4. The minimum atomic E-state index is -0.790. The van der Waals surface area contributed by atoms with Gasteiger partial charge in [0.15, 0.2) is 0 Å². The van der Waals surface area contributed by atoms with E-state index < -0.39 is 17.8 Å². The third-order valence-corrected chi connectivity index (χ3v) is 7.79. The van der Waals surface area contributed by atoms with Crippen LogP contribution in [0.1, 0.15) is 118 Å². The molecule has 0 aliphatic rings. The van der Waals surface area contributed by atoms with Crippen LogP contribution in [-0.2, 0) is 11.2 Å². The summed E-state index contributed by atoms with van der Waals surface area (Å²) in [5.41, 5.74) is 3.61. The Morgan fingerprint density at radius 3 is 1.86 bits per heavy atom. The number of esters is 2. The Hall–Kier alpha value is -3.47. The molecule has 0 aromatic heterocycles. The van der Waals surface area contributed by atoms with Gasteiger partial charge in [0.05, 0.1) is 17.7 Å². The number of hydrogen-bond donors (Lipinski definition) is 0. The minimum Gasteiger partial charge on any atom is -0.462 e. The highest BCUT2D eigenvalue weighted by atomic mass is 19.1. The molecule has 0 aliphatic heterocycles. The number of carbonyl (C=O) groups is 2. The molecule has 3 aromatic carbocycles. The molecule has 226 valence electrons. The zero-order chi connectivity index (χ0) is 30.2. The predicted molar refractivity (Wildman–Crippen MR) is 169 cm³/mol. The van der Waals surface area contributed by atoms with Crippen LogP contribution in [0.5, 0.6) is 5.75 Å². The van der Waals surface area contributed by atoms with Gasteiger partial charge in [-0.1, -0.05) is 121 Å². The summed E-state index contributed by atoms with van der Waals surface area (Å²) in [6.45, 7) is 6.44. The van der Waals surface area contributed by atoms with Crippen molar-refractivity contribution in [2.45, 2.75) is 97.8 Å². The van der Waals surface area contributed by atoms with Crippen LogP contribution in [0.2, 0.25) is 0 Å². The average Bonchev–Trinajstić information content (AvgIpc) is 3.01. The van der Waals surface area contributed by atoms with Crippen molar-refractivity contribution in [3.05, 3.63) is 89.2 Å². The van der Waals surface area contributed by atoms with Crippen LogP contribution in [0.25, 0.3) is 11.1 Å². The van der Waals surface area contributed by atoms with Crippen LogP contribution in [0.4, 0.5) is 4.39 Å². The molecule has 0 radical (unpaired) electrons. The molecule has 0 saturated carbocycles. The van der Waals surface area contributed by atoms with E-state index in [1.165, 1.54) is 81.9 Å². The average molecular weight is 575 g/mol. The molecular weight excluding hydrogens is 527 g/mol. The summed E-state index contributed by atoms with van der Waals surface area (Å²) >= 11 is 0. The summed E-state index contributed by atoms with van der Waals surface area (Å²) in [5.74, 6) is -1.89. The maximum Gasteiger partial charge on any atom is 0.343 e. The van der Waals surface area contributed by atoms with E-state index in [9.17, 15) is 14.0 Å². The first-order chi connectivity index (χ1) is 20.4. The number of unbranched alkanes of at least 4 members (excludes halogenated alkanes) is 9. The van der Waals surface area contributed by atoms with Crippen molar-refractivity contribution in [1.82, 2.24) is 0 Å². The molecule has 3 aromatic rings. The second kappa shape index (κ2) is 18.1. The molecule has 4 nitrogen and oxygen atoms in total. The number of aryl methyl sites for hydroxylation is 1. The highest BCUT2D eigenvalue weighted by Gasteiger charge is 2.17. The highest BCUT2D eigenvalue weighted by Crippen LogP contribution is 2.23. The fraction of sp³-hybridized carbons (Fsp3) is 0.459. The fourth-order valence-corrected chi connectivity index (χ4v) is 4.78. The van der Waals surface area contributed by atoms with Crippen LogP contribution < -0.4 is 4.74 Å². The van der Waals surface area contributed by atoms with E-state index >= 15 is 0 Å². The summed E-state index contributed by atoms with van der Waals surface area (Å²) in [7, 11) is 0. The van der Waals surface area contributed by atoms with Crippen LogP contribution in [-0.4, -0.2) is 18.5 Å². The lowest BCUT2D eigenvalue weighted by Gasteiger charge is -2.11. The van der Waals surface area contributed by atoms with Gasteiger partial charge in [0.1, 0.15) is 11.6 Å². The SMILES string of the molecule is CCCCCCCCCCCCc1ccc(-c2ccc(C(=O)Oc3ccc(C(=O)OCC(C)CC)c(F)c3)cc2)cc1. The van der Waals surface area contributed by atoms with Crippen molar-refractivity contribution in [1.29, 1.82) is 0 Å². The molecule has 0 saturated heterocycles. The van der Waals surface area contributed by atoms with Crippen molar-refractivity contribution >= 4 is 11.9 Å². The van der Waals surface area contributed by atoms with E-state index in [0.29, 0.717) is 5.56 Å². The summed E-state index contributed by atoms with van der Waals surface area (Å²) in [4.78, 5) is 24.8. The van der Waals surface area contributed by atoms with E-state index in [4.69, 9.17) is 9.47 Å². The van der Waals surface area contributed by atoms with Crippen LogP contribution in [0, 0.1) is 11.7 Å². The zero-order valence-electron chi connectivity index (χ0n) is 25.6. The maximum atomic E-state index is 14.5. The van der Waals surface area contributed by atoms with Gasteiger partial charge in [-0.3, -0.25) is 0 Å². The first kappa shape index (κ1) is 33.0. The van der Waals surface area contributed by atoms with E-state index in [1.807, 2.05) is 26.0 Å². The van der Waals surface area contributed by atoms with Gasteiger partial charge in [-0.15, -0.1) is 0 Å². The van der Waals surface area contributed by atoms with Crippen molar-refractivity contribution in [2.75, 3.05) is 6.61 Å². The number of benzene rings is 3. The first-order valence-electron chi connectivity index (χ1n) is 15.8. The van der Waals surface area contributed by atoms with Crippen molar-refractivity contribution in [3.63, 3.8) is 0 Å². The lowest BCUT2D eigenvalue weighted by Crippen LogP contribution is -2.13. The molecule has 0 bridgehead atoms. The Kier molecular flexibility index (Phi) is 14.3. The zero-order valence-corrected chi connectivity index (χ0v) is 25.6. The summed E-state index contributed by atoms with van der Waals surface area (Å²) in [5, 5.41) is 0. The Morgan fingerprint density at radius 2 is 1.29 bits per heavy atom. The number of rotatable bonds is 18. The standard InChI is InChI=1S/C37H47FO4/c1-4-6-7-8-9-10-11-12-13-14-15-29-16-18-30(19-17-29)31-20-22-32(23-21-31)36(39)42-33-24-25-34(35(38)26-33)37(40)41-27-28(3)5-2/h16-26,28H,4-15,27H2,1-3H3. The monoisotopic (exact) mass is 574 g/mol. The molecule has 0 amide bonds. The van der Waals surface area contributed by atoms with Crippen LogP contribution in [0.3, 0.4) is 0 Å². The molecule has 0 N–H and O–H groups in total. The van der Waals surface area contributed by atoms with Gasteiger partial charge in [-0.2, -0.15) is 0 Å². The first-order valence-corrected chi connectivity index (χ1v) is 15.8. The largest absolute Gasteiger partial charge is 0.462 e. The van der Waals surface area contributed by atoms with Gasteiger partial charge in [-0.25, -0.2) is 14.0 Å². The van der Waals surface area contributed by atoms with Crippen molar-refractivity contribution < 1.29 is 23.5 Å². The minimum absolute atomic E-state index is 0.0260. The molecule has 0 spiro atoms. The van der Waals surface area contributed by atoms with Crippen LogP contribution >= 0.6 is 0 Å². The quantitative estimate of drug-likeness (QED) is 0.0861. The molecule has 0 aliphatic carbocycles. The Bertz CT molecular complexity index is 1230. The normalized spacial score (nSPS) is 11.7. The van der Waals surface area contributed by atoms with E-state index in [1.54, 1.807) is 12.1 Å². The van der Waals surface area contributed by atoms with Crippen molar-refractivity contribution in [3.8, 4) is 16.9 Å². The number of halogens is 1. The lowest BCUT2D eigenvalue weighted by molar-refractivity contribution is 0.0441. The maximum absolute atomic E-state index is 14.5. The molecule has 5 heteroatoms. The smallest absolute Gasteiger partial charge is 0.343 e. The van der Waals surface area contributed by atoms with E-state index in [0.717, 1.165) is 30.0 Å². The van der Waals surface area contributed by atoms with Gasteiger partial charge < -0.3 is 9.47 Å². The third-order valence-electron chi connectivity index (χ3n) is 7.79. The van der Waals surface area contributed by atoms with E-state index in [-0.39, 0.29) is 23.8 Å². The third kappa shape index (κ3) is 11.1. The summed E-state index contributed by atoms with van der Waals surface area (Å²) < 4.78 is 25.0. The number of ether oxygens (including phenoxy) is 2. The predicted octanol–water partition coefficient (Wildman–Crippen LogP) is 10.4. The summed E-state index contributed by atoms with van der Waals surface area (Å²) in [6, 6.07) is 19.5. The molecule has 1 atom stereocenters. The van der Waals surface area contributed by atoms with Crippen molar-refractivity contribution in [2.24, 2.45) is 5.92 Å². The topological polar surface area (TPSA) is 52.6 Å². The molecular formula is C37H47FO4. The van der Waals surface area contributed by atoms with E-state index in [2.05, 4.69) is 31.2 Å². The Balaban J connectivity index is 1.43. The van der Waals surface area contributed by atoms with Gasteiger partial charge >= 0.3 is 11.9 Å². The number of carbonyl (C=O) groups excluding carboxylic acids is 2. The molecule has 1 unspecified atom stereocenters. The van der Waals surface area contributed by atoms with Gasteiger partial charge in [0.25, 0.3) is 0 Å². The lowest BCUT2D eigenvalue weighted by atomic mass is 10.00. The van der Waals surface area contributed by atoms with Crippen LogP contribution in [0.15, 0.2) is 66.7 Å². The van der Waals surface area contributed by atoms with Gasteiger partial charge in [-0.05, 0) is 59.7 Å². The number of hydrogen-bond acceptors (Lipinski definition) is 4. The molecule has 42 heavy (non-hydrogen) atoms.